The normalized spacial score (nSPS) is 11.9. The summed E-state index contributed by atoms with van der Waals surface area (Å²) in [5, 5.41) is 18.1. The molecule has 0 atom stereocenters. The Balaban J connectivity index is 1.75. The molecule has 4 rings (SSSR count). The highest BCUT2D eigenvalue weighted by Crippen LogP contribution is 2.36. The average molecular weight is 539 g/mol. The lowest BCUT2D eigenvalue weighted by atomic mass is 10.1. The number of aromatic hydroxyl groups is 1. The molecule has 4 aromatic rings. The number of hydrogen-bond donors (Lipinski definition) is 2. The highest BCUT2D eigenvalue weighted by molar-refractivity contribution is 8.13. The number of nitrogens with zero attached hydrogens (tertiary/aromatic N) is 2. The number of phenols is 1. The average Bonchev–Trinajstić information content (AvgIpc) is 2.88. The van der Waals surface area contributed by atoms with Crippen LogP contribution in [0.25, 0.3) is 0 Å². The smallest absolute Gasteiger partial charge is 0.418 e. The first-order valence-electron chi connectivity index (χ1n) is 11.8. The zero-order chi connectivity index (χ0) is 27.1. The Morgan fingerprint density at radius 3 is 2.32 bits per heavy atom. The maximum absolute atomic E-state index is 13.6. The molecule has 0 saturated carbocycles. The number of thioether (sulfide) groups is 1. The molecule has 4 aromatic carbocycles. The van der Waals surface area contributed by atoms with Crippen LogP contribution in [0.5, 0.6) is 11.5 Å². The Morgan fingerprint density at radius 2 is 1.63 bits per heavy atom. The van der Waals surface area contributed by atoms with Crippen LogP contribution in [-0.2, 0) is 19.1 Å². The molecular weight excluding hydrogens is 511 g/mol. The van der Waals surface area contributed by atoms with Crippen molar-refractivity contribution in [1.82, 2.24) is 4.90 Å². The monoisotopic (exact) mass is 538 g/mol. The molecule has 0 unspecified atom stereocenters. The SMILES string of the molecule is Nc1ccc(N=C(Sc2ccccc2)N(CCc2cccc([OH2+])c2)Cc2ccc(O)cc2)cc1C(F)(F)F. The summed E-state index contributed by atoms with van der Waals surface area (Å²) < 4.78 is 40.7. The number of halogens is 3. The van der Waals surface area contributed by atoms with E-state index >= 15 is 0 Å². The van der Waals surface area contributed by atoms with Gasteiger partial charge in [0.1, 0.15) is 5.75 Å². The highest BCUT2D eigenvalue weighted by Gasteiger charge is 2.33. The van der Waals surface area contributed by atoms with Gasteiger partial charge in [0.05, 0.1) is 11.3 Å². The fraction of sp³-hybridized carbons (Fsp3) is 0.138. The van der Waals surface area contributed by atoms with Crippen LogP contribution in [0.4, 0.5) is 24.5 Å². The quantitative estimate of drug-likeness (QED) is 0.0876. The lowest BCUT2D eigenvalue weighted by Gasteiger charge is -2.26. The van der Waals surface area contributed by atoms with Crippen molar-refractivity contribution in [2.24, 2.45) is 4.99 Å². The third-order valence-corrected chi connectivity index (χ3v) is 6.74. The number of benzene rings is 4. The molecule has 38 heavy (non-hydrogen) atoms. The summed E-state index contributed by atoms with van der Waals surface area (Å²) in [5.74, 6) is 0.545. The summed E-state index contributed by atoms with van der Waals surface area (Å²) >= 11 is 1.35. The largest absolute Gasteiger partial charge is 0.593 e. The van der Waals surface area contributed by atoms with Gasteiger partial charge in [-0.2, -0.15) is 13.2 Å². The Kier molecular flexibility index (Phi) is 8.48. The van der Waals surface area contributed by atoms with Crippen molar-refractivity contribution in [3.05, 3.63) is 114 Å². The van der Waals surface area contributed by atoms with Gasteiger partial charge in [0.2, 0.25) is 0 Å². The third-order valence-electron chi connectivity index (χ3n) is 5.70. The van der Waals surface area contributed by atoms with Crippen LogP contribution in [0.3, 0.4) is 0 Å². The van der Waals surface area contributed by atoms with E-state index in [1.807, 2.05) is 47.4 Å². The molecule has 0 heterocycles. The van der Waals surface area contributed by atoms with Crippen molar-refractivity contribution in [1.29, 1.82) is 0 Å². The fourth-order valence-corrected chi connectivity index (χ4v) is 4.72. The lowest BCUT2D eigenvalue weighted by molar-refractivity contribution is -0.136. The summed E-state index contributed by atoms with van der Waals surface area (Å²) in [4.78, 5) is 7.54. The Labute approximate surface area is 223 Å². The van der Waals surface area contributed by atoms with E-state index in [1.165, 1.54) is 23.9 Å². The van der Waals surface area contributed by atoms with Gasteiger partial charge >= 0.3 is 6.18 Å². The van der Waals surface area contributed by atoms with Gasteiger partial charge < -0.3 is 20.8 Å². The highest BCUT2D eigenvalue weighted by atomic mass is 32.2. The molecule has 0 fully saturated rings. The lowest BCUT2D eigenvalue weighted by Crippen LogP contribution is -2.30. The molecule has 0 aromatic heterocycles. The molecule has 0 bridgehead atoms. The number of alkyl halides is 3. The molecule has 0 saturated heterocycles. The Hall–Kier alpha value is -4.11. The van der Waals surface area contributed by atoms with Crippen molar-refractivity contribution in [3.8, 4) is 11.5 Å². The van der Waals surface area contributed by atoms with Crippen molar-refractivity contribution in [2.75, 3.05) is 12.3 Å². The molecule has 0 aliphatic carbocycles. The van der Waals surface area contributed by atoms with Gasteiger partial charge in [0.25, 0.3) is 5.75 Å². The number of nitrogens with two attached hydrogens (primary N) is 1. The number of aliphatic imine (C=N–C) groups is 1. The van der Waals surface area contributed by atoms with Crippen LogP contribution >= 0.6 is 11.8 Å². The van der Waals surface area contributed by atoms with E-state index in [-0.39, 0.29) is 17.1 Å². The summed E-state index contributed by atoms with van der Waals surface area (Å²) in [6.45, 7) is 0.894. The molecule has 0 aliphatic rings. The van der Waals surface area contributed by atoms with E-state index in [0.717, 1.165) is 22.1 Å². The predicted octanol–water partition coefficient (Wildman–Crippen LogP) is 6.96. The Morgan fingerprint density at radius 1 is 0.895 bits per heavy atom. The Bertz CT molecular complexity index is 1390. The number of phenolic OH excluding ortho intramolecular Hbond substituents is 1. The molecule has 9 heteroatoms. The van der Waals surface area contributed by atoms with Crippen molar-refractivity contribution in [3.63, 3.8) is 0 Å². The first-order valence-corrected chi connectivity index (χ1v) is 12.6. The van der Waals surface area contributed by atoms with E-state index < -0.39 is 11.7 Å². The molecule has 5 N–H and O–H groups in total. The van der Waals surface area contributed by atoms with Gasteiger partial charge in [-0.05, 0) is 60.0 Å². The number of rotatable bonds is 7. The maximum Gasteiger partial charge on any atom is 0.418 e. The second-order valence-corrected chi connectivity index (χ2v) is 9.66. The molecule has 0 aliphatic heterocycles. The van der Waals surface area contributed by atoms with Crippen LogP contribution in [-0.4, -0.2) is 26.8 Å². The standard InChI is InChI=1S/C29H26F3N3O2S/c30-29(31,32)26-18-22(11-14-27(26)33)34-28(38-25-7-2-1-3-8-25)35(19-21-9-12-23(36)13-10-21)16-15-20-5-4-6-24(37)17-20/h1-14,17-18,36-37H,15-16,19,33H2/p+1. The first kappa shape index (κ1) is 26.9. The van der Waals surface area contributed by atoms with Crippen molar-refractivity contribution >= 4 is 28.3 Å². The molecular formula is C29H27F3N3O2S+. The van der Waals surface area contributed by atoms with Gasteiger partial charge in [0.15, 0.2) is 5.17 Å². The maximum atomic E-state index is 13.6. The van der Waals surface area contributed by atoms with Crippen LogP contribution in [0.2, 0.25) is 0 Å². The third kappa shape index (κ3) is 7.45. The van der Waals surface area contributed by atoms with Crippen LogP contribution < -0.4 is 5.73 Å². The minimum atomic E-state index is -4.60. The minimum absolute atomic E-state index is 0.133. The van der Waals surface area contributed by atoms with Crippen molar-refractivity contribution in [2.45, 2.75) is 24.0 Å². The van der Waals surface area contributed by atoms with Crippen molar-refractivity contribution < 1.29 is 23.4 Å². The van der Waals surface area contributed by atoms with E-state index in [0.29, 0.717) is 30.4 Å². The summed E-state index contributed by atoms with van der Waals surface area (Å²) in [7, 11) is 0. The fourth-order valence-electron chi connectivity index (χ4n) is 3.78. The molecule has 0 spiro atoms. The number of anilines is 1. The summed E-state index contributed by atoms with van der Waals surface area (Å²) in [6, 6.07) is 27.1. The van der Waals surface area contributed by atoms with E-state index in [9.17, 15) is 18.3 Å². The molecule has 0 amide bonds. The molecule has 0 radical (unpaired) electrons. The zero-order valence-corrected chi connectivity index (χ0v) is 21.1. The van der Waals surface area contributed by atoms with E-state index in [2.05, 4.69) is 4.99 Å². The van der Waals surface area contributed by atoms with Gasteiger partial charge in [-0.15, -0.1) is 0 Å². The second-order valence-electron chi connectivity index (χ2n) is 8.62. The summed E-state index contributed by atoms with van der Waals surface area (Å²) in [6.07, 6.45) is -4.01. The predicted molar refractivity (Wildman–Crippen MR) is 147 cm³/mol. The summed E-state index contributed by atoms with van der Waals surface area (Å²) in [5.41, 5.74) is 6.31. The van der Waals surface area contributed by atoms with E-state index in [4.69, 9.17) is 10.8 Å². The van der Waals surface area contributed by atoms with Gasteiger partial charge in [-0.25, -0.2) is 4.99 Å². The second kappa shape index (κ2) is 12.0. The topological polar surface area (TPSA) is 84.8 Å². The molecule has 196 valence electrons. The van der Waals surface area contributed by atoms with Crippen LogP contribution in [0.15, 0.2) is 107 Å². The molecule has 5 nitrogen and oxygen atoms in total. The van der Waals surface area contributed by atoms with Gasteiger partial charge in [-0.3, -0.25) is 0 Å². The minimum Gasteiger partial charge on any atom is -0.593 e. The number of hydrogen-bond acceptors (Lipinski definition) is 4. The number of nitrogen functional groups attached to an aromatic ring is 1. The van der Waals surface area contributed by atoms with Gasteiger partial charge in [0, 0.05) is 35.8 Å². The number of amidine groups is 1. The first-order chi connectivity index (χ1) is 18.2. The van der Waals surface area contributed by atoms with Gasteiger partial charge in [-0.1, -0.05) is 54.2 Å². The zero-order valence-electron chi connectivity index (χ0n) is 20.3. The van der Waals surface area contributed by atoms with Crippen LogP contribution in [0, 0.1) is 0 Å². The van der Waals surface area contributed by atoms with Crippen LogP contribution in [0.1, 0.15) is 16.7 Å². The van der Waals surface area contributed by atoms with E-state index in [1.54, 1.807) is 36.4 Å².